The second kappa shape index (κ2) is 4.15. The molecule has 0 bridgehead atoms. The molecule has 0 aliphatic heterocycles. The topological polar surface area (TPSA) is 58.0 Å². The Kier molecular flexibility index (Phi) is 3.25. The Morgan fingerprint density at radius 2 is 2.12 bits per heavy atom. The zero-order valence-corrected chi connectivity index (χ0v) is 8.71. The summed E-state index contributed by atoms with van der Waals surface area (Å²) in [5.41, 5.74) is -2.19. The molecule has 0 unspecified atom stereocenters. The molecule has 16 heavy (non-hydrogen) atoms. The van der Waals surface area contributed by atoms with E-state index >= 15 is 0 Å². The third kappa shape index (κ3) is 2.53. The predicted octanol–water partition coefficient (Wildman–Crippen LogP) is 0.921. The molecular weight excluding hydrogens is 225 g/mol. The maximum absolute atomic E-state index is 12.6. The second-order valence-electron chi connectivity index (χ2n) is 3.77. The molecule has 0 aromatic carbocycles. The van der Waals surface area contributed by atoms with Crippen LogP contribution in [0.5, 0.6) is 0 Å². The van der Waals surface area contributed by atoms with Crippen LogP contribution < -0.4 is 5.11 Å². The standard InChI is InChI=1S/C9H11F3N2O2/c1-5(2)4-14-7(9(10,11)12)6(3-13-14)8(15)16/h3,5H,4H2,1-2H3,(H,15,16)/p-1. The Labute approximate surface area is 89.7 Å². The monoisotopic (exact) mass is 235 g/mol. The molecule has 0 atom stereocenters. The van der Waals surface area contributed by atoms with E-state index in [4.69, 9.17) is 0 Å². The van der Waals surface area contributed by atoms with Crippen LogP contribution in [-0.2, 0) is 12.7 Å². The number of halogens is 3. The minimum Gasteiger partial charge on any atom is -0.545 e. The summed E-state index contributed by atoms with van der Waals surface area (Å²) in [4.78, 5) is 10.5. The van der Waals surface area contributed by atoms with Crippen LogP contribution in [0.2, 0.25) is 0 Å². The zero-order valence-electron chi connectivity index (χ0n) is 8.71. The molecule has 0 saturated carbocycles. The Morgan fingerprint density at radius 3 is 2.50 bits per heavy atom. The zero-order chi connectivity index (χ0) is 12.5. The van der Waals surface area contributed by atoms with Crippen molar-refractivity contribution in [1.82, 2.24) is 9.78 Å². The lowest BCUT2D eigenvalue weighted by molar-refractivity contribution is -0.255. The minimum atomic E-state index is -4.75. The van der Waals surface area contributed by atoms with Gasteiger partial charge in [0.25, 0.3) is 0 Å². The van der Waals surface area contributed by atoms with Gasteiger partial charge >= 0.3 is 6.18 Å². The summed E-state index contributed by atoms with van der Waals surface area (Å²) in [6.45, 7) is 3.42. The largest absolute Gasteiger partial charge is 0.545 e. The highest BCUT2D eigenvalue weighted by molar-refractivity contribution is 5.87. The SMILES string of the molecule is CC(C)Cn1ncc(C(=O)[O-])c1C(F)(F)F. The number of hydrogen-bond acceptors (Lipinski definition) is 3. The van der Waals surface area contributed by atoms with Crippen LogP contribution in [0.1, 0.15) is 29.9 Å². The molecule has 0 aliphatic rings. The maximum atomic E-state index is 12.6. The van der Waals surface area contributed by atoms with E-state index in [0.717, 1.165) is 0 Å². The smallest absolute Gasteiger partial charge is 0.433 e. The van der Waals surface area contributed by atoms with Gasteiger partial charge in [0.05, 0.1) is 12.2 Å². The Balaban J connectivity index is 3.25. The van der Waals surface area contributed by atoms with Crippen molar-refractivity contribution in [3.05, 3.63) is 17.5 Å². The van der Waals surface area contributed by atoms with Gasteiger partial charge < -0.3 is 9.90 Å². The van der Waals surface area contributed by atoms with Gasteiger partial charge in [-0.05, 0) is 5.92 Å². The summed E-state index contributed by atoms with van der Waals surface area (Å²) in [6, 6.07) is 0. The number of carboxylic acids is 1. The fraction of sp³-hybridized carbons (Fsp3) is 0.556. The van der Waals surface area contributed by atoms with Crippen molar-refractivity contribution in [1.29, 1.82) is 0 Å². The van der Waals surface area contributed by atoms with Gasteiger partial charge in [-0.25, -0.2) is 0 Å². The molecule has 0 spiro atoms. The molecule has 1 aromatic heterocycles. The fourth-order valence-corrected chi connectivity index (χ4v) is 1.32. The highest BCUT2D eigenvalue weighted by Gasteiger charge is 2.38. The molecule has 0 N–H and O–H groups in total. The lowest BCUT2D eigenvalue weighted by Gasteiger charge is -2.14. The minimum absolute atomic E-state index is 0.00211. The molecule has 7 heteroatoms. The molecular formula is C9H10F3N2O2-. The Hall–Kier alpha value is -1.53. The van der Waals surface area contributed by atoms with Gasteiger partial charge in [-0.1, -0.05) is 13.8 Å². The van der Waals surface area contributed by atoms with Gasteiger partial charge in [-0.2, -0.15) is 18.3 Å². The van der Waals surface area contributed by atoms with Crippen LogP contribution in [0.15, 0.2) is 6.20 Å². The highest BCUT2D eigenvalue weighted by Crippen LogP contribution is 2.32. The molecule has 90 valence electrons. The van der Waals surface area contributed by atoms with Gasteiger partial charge in [0, 0.05) is 12.1 Å². The van der Waals surface area contributed by atoms with Crippen molar-refractivity contribution in [2.45, 2.75) is 26.6 Å². The second-order valence-corrected chi connectivity index (χ2v) is 3.77. The normalized spacial score (nSPS) is 12.1. The molecule has 0 saturated heterocycles. The number of rotatable bonds is 3. The third-order valence-corrected chi connectivity index (χ3v) is 1.87. The van der Waals surface area contributed by atoms with Gasteiger partial charge in [0.15, 0.2) is 5.69 Å². The number of carboxylic acid groups (broad SMARTS) is 1. The van der Waals surface area contributed by atoms with Gasteiger partial charge in [-0.3, -0.25) is 4.68 Å². The number of aromatic carboxylic acids is 1. The van der Waals surface area contributed by atoms with Gasteiger partial charge in [-0.15, -0.1) is 0 Å². The summed E-state index contributed by atoms with van der Waals surface area (Å²) < 4.78 is 38.5. The first kappa shape index (κ1) is 12.5. The van der Waals surface area contributed by atoms with Gasteiger partial charge in [0.2, 0.25) is 0 Å². The van der Waals surface area contributed by atoms with Crippen molar-refractivity contribution < 1.29 is 23.1 Å². The average molecular weight is 235 g/mol. The van der Waals surface area contributed by atoms with E-state index < -0.39 is 23.4 Å². The van der Waals surface area contributed by atoms with Crippen LogP contribution in [0.3, 0.4) is 0 Å². The summed E-state index contributed by atoms with van der Waals surface area (Å²) in [7, 11) is 0. The molecule has 0 aliphatic carbocycles. The van der Waals surface area contributed by atoms with Crippen molar-refractivity contribution in [3.8, 4) is 0 Å². The fourth-order valence-electron chi connectivity index (χ4n) is 1.32. The first-order chi connectivity index (χ1) is 7.23. The maximum Gasteiger partial charge on any atom is 0.433 e. The molecule has 1 rings (SSSR count). The van der Waals surface area contributed by atoms with Gasteiger partial charge in [0.1, 0.15) is 0 Å². The number of alkyl halides is 3. The molecule has 1 aromatic rings. The number of nitrogens with zero attached hydrogens (tertiary/aromatic N) is 2. The van der Waals surface area contributed by atoms with E-state index in [1.807, 2.05) is 0 Å². The van der Waals surface area contributed by atoms with E-state index in [-0.39, 0.29) is 12.5 Å². The number of aromatic nitrogens is 2. The number of carbonyl (C=O) groups is 1. The quantitative estimate of drug-likeness (QED) is 0.782. The summed E-state index contributed by atoms with van der Waals surface area (Å²) in [5, 5.41) is 13.9. The van der Waals surface area contributed by atoms with Crippen LogP contribution in [0.25, 0.3) is 0 Å². The summed E-state index contributed by atoms with van der Waals surface area (Å²) in [5.74, 6) is -1.95. The number of hydrogen-bond donors (Lipinski definition) is 0. The van der Waals surface area contributed by atoms with E-state index in [0.29, 0.717) is 10.9 Å². The van der Waals surface area contributed by atoms with Crippen LogP contribution in [0, 0.1) is 5.92 Å². The first-order valence-corrected chi connectivity index (χ1v) is 4.57. The van der Waals surface area contributed by atoms with E-state index in [1.54, 1.807) is 13.8 Å². The van der Waals surface area contributed by atoms with Crippen molar-refractivity contribution in [2.24, 2.45) is 5.92 Å². The Bertz CT molecular complexity index is 396. The average Bonchev–Trinajstić information content (AvgIpc) is 2.45. The Morgan fingerprint density at radius 1 is 1.56 bits per heavy atom. The van der Waals surface area contributed by atoms with E-state index in [1.165, 1.54) is 0 Å². The molecule has 0 fully saturated rings. The van der Waals surface area contributed by atoms with Crippen LogP contribution in [-0.4, -0.2) is 15.7 Å². The van der Waals surface area contributed by atoms with E-state index in [9.17, 15) is 23.1 Å². The van der Waals surface area contributed by atoms with Crippen molar-refractivity contribution >= 4 is 5.97 Å². The summed E-state index contributed by atoms with van der Waals surface area (Å²) in [6.07, 6.45) is -4.08. The van der Waals surface area contributed by atoms with Crippen LogP contribution in [0.4, 0.5) is 13.2 Å². The number of carbonyl (C=O) groups excluding carboxylic acids is 1. The van der Waals surface area contributed by atoms with Crippen LogP contribution >= 0.6 is 0 Å². The molecule has 0 radical (unpaired) electrons. The molecule has 0 amide bonds. The highest BCUT2D eigenvalue weighted by atomic mass is 19.4. The summed E-state index contributed by atoms with van der Waals surface area (Å²) >= 11 is 0. The van der Waals surface area contributed by atoms with Crippen molar-refractivity contribution in [2.75, 3.05) is 0 Å². The predicted molar refractivity (Wildman–Crippen MR) is 46.4 cm³/mol. The van der Waals surface area contributed by atoms with Crippen molar-refractivity contribution in [3.63, 3.8) is 0 Å². The lowest BCUT2D eigenvalue weighted by atomic mass is 10.2. The molecule has 1 heterocycles. The van der Waals surface area contributed by atoms with E-state index in [2.05, 4.69) is 5.10 Å². The molecule has 4 nitrogen and oxygen atoms in total. The third-order valence-electron chi connectivity index (χ3n) is 1.87. The lowest BCUT2D eigenvalue weighted by Crippen LogP contribution is -2.27. The first-order valence-electron chi connectivity index (χ1n) is 4.57.